The van der Waals surface area contributed by atoms with Crippen LogP contribution in [-0.4, -0.2) is 64.1 Å². The molecule has 2 amide bonds. The van der Waals surface area contributed by atoms with Gasteiger partial charge >= 0.3 is 6.03 Å². The molecule has 1 fully saturated rings. The minimum absolute atomic E-state index is 0.258. The lowest BCUT2D eigenvalue weighted by Gasteiger charge is -2.25. The van der Waals surface area contributed by atoms with Crippen LogP contribution in [0.25, 0.3) is 0 Å². The molecule has 3 heterocycles. The molecular formula is C18H25N5O4S2. The number of carbonyl (C=O) groups excluding carboxylic acids is 1. The van der Waals surface area contributed by atoms with E-state index in [1.165, 1.54) is 15.6 Å². The summed E-state index contributed by atoms with van der Waals surface area (Å²) in [5.41, 5.74) is 0.939. The number of amides is 2. The third-order valence-corrected chi connectivity index (χ3v) is 7.80. The molecule has 0 radical (unpaired) electrons. The summed E-state index contributed by atoms with van der Waals surface area (Å²) in [6, 6.07) is 6.74. The fraction of sp³-hybridized carbons (Fsp3) is 0.444. The summed E-state index contributed by atoms with van der Waals surface area (Å²) in [6.45, 7) is 2.17. The smallest absolute Gasteiger partial charge is 0.315 e. The minimum Gasteiger partial charge on any atom is -0.379 e. The van der Waals surface area contributed by atoms with Crippen LogP contribution in [0.4, 0.5) is 10.6 Å². The zero-order chi connectivity index (χ0) is 20.9. The van der Waals surface area contributed by atoms with Crippen molar-refractivity contribution in [3.63, 3.8) is 0 Å². The maximum absolute atomic E-state index is 12.6. The second-order valence-electron chi connectivity index (χ2n) is 6.69. The first-order chi connectivity index (χ1) is 13.9. The predicted molar refractivity (Wildman–Crippen MR) is 112 cm³/mol. The van der Waals surface area contributed by atoms with E-state index >= 15 is 0 Å². The maximum atomic E-state index is 12.6. The number of nitrogens with one attached hydrogen (secondary N) is 2. The highest BCUT2D eigenvalue weighted by Crippen LogP contribution is 2.25. The summed E-state index contributed by atoms with van der Waals surface area (Å²) in [5, 5.41) is 5.55. The van der Waals surface area contributed by atoms with Gasteiger partial charge in [0.1, 0.15) is 10.0 Å². The summed E-state index contributed by atoms with van der Waals surface area (Å²) in [7, 11) is 0.304. The van der Waals surface area contributed by atoms with E-state index in [0.717, 1.165) is 16.3 Å². The van der Waals surface area contributed by atoms with Crippen molar-refractivity contribution in [2.75, 3.05) is 45.3 Å². The second-order valence-corrected chi connectivity index (χ2v) is 10.0. The van der Waals surface area contributed by atoms with Crippen molar-refractivity contribution >= 4 is 33.2 Å². The third kappa shape index (κ3) is 5.66. The molecule has 1 aliphatic rings. The summed E-state index contributed by atoms with van der Waals surface area (Å²) < 4.78 is 32.2. The molecule has 0 saturated carbocycles. The number of nitrogens with zero attached hydrogens (tertiary/aromatic N) is 3. The number of anilines is 1. The van der Waals surface area contributed by atoms with Crippen LogP contribution in [0.15, 0.2) is 34.7 Å². The number of carbonyl (C=O) groups is 1. The second kappa shape index (κ2) is 9.53. The molecule has 1 aliphatic heterocycles. The Bertz CT molecular complexity index is 939. The Morgan fingerprint density at radius 1 is 1.21 bits per heavy atom. The zero-order valence-electron chi connectivity index (χ0n) is 16.4. The van der Waals surface area contributed by atoms with Gasteiger partial charge in [-0.3, -0.25) is 0 Å². The van der Waals surface area contributed by atoms with Crippen molar-refractivity contribution in [3.05, 3.63) is 40.9 Å². The van der Waals surface area contributed by atoms with E-state index in [0.29, 0.717) is 32.8 Å². The van der Waals surface area contributed by atoms with Gasteiger partial charge in [-0.05, 0) is 29.8 Å². The van der Waals surface area contributed by atoms with Gasteiger partial charge in [-0.25, -0.2) is 18.2 Å². The van der Waals surface area contributed by atoms with Gasteiger partial charge in [-0.2, -0.15) is 4.31 Å². The third-order valence-electron chi connectivity index (χ3n) is 4.35. The van der Waals surface area contributed by atoms with E-state index in [4.69, 9.17) is 4.74 Å². The number of pyridine rings is 1. The Hall–Kier alpha value is -2.21. The topological polar surface area (TPSA) is 104 Å². The van der Waals surface area contributed by atoms with Gasteiger partial charge in [0.2, 0.25) is 0 Å². The SMILES string of the molecule is CN(C)c1cc(CNC(=O)NCc2ccc(S(=O)(=O)N3CCOCC3)s2)ccn1. The molecule has 9 nitrogen and oxygen atoms in total. The zero-order valence-corrected chi connectivity index (χ0v) is 18.1. The van der Waals surface area contributed by atoms with Crippen molar-refractivity contribution in [3.8, 4) is 0 Å². The fourth-order valence-corrected chi connectivity index (χ4v) is 5.59. The van der Waals surface area contributed by atoms with Crippen LogP contribution in [-0.2, 0) is 27.8 Å². The van der Waals surface area contributed by atoms with E-state index < -0.39 is 10.0 Å². The molecule has 3 rings (SSSR count). The lowest BCUT2D eigenvalue weighted by molar-refractivity contribution is 0.0731. The van der Waals surface area contributed by atoms with Gasteiger partial charge in [-0.15, -0.1) is 11.3 Å². The van der Waals surface area contributed by atoms with Crippen molar-refractivity contribution in [1.82, 2.24) is 19.9 Å². The highest BCUT2D eigenvalue weighted by Gasteiger charge is 2.27. The van der Waals surface area contributed by atoms with E-state index in [1.807, 2.05) is 31.1 Å². The predicted octanol–water partition coefficient (Wildman–Crippen LogP) is 1.23. The minimum atomic E-state index is -3.50. The number of morpholine rings is 1. The summed E-state index contributed by atoms with van der Waals surface area (Å²) in [5.74, 6) is 0.817. The largest absolute Gasteiger partial charge is 0.379 e. The molecule has 1 saturated heterocycles. The monoisotopic (exact) mass is 439 g/mol. The highest BCUT2D eigenvalue weighted by atomic mass is 32.2. The Kier molecular flexibility index (Phi) is 7.06. The van der Waals surface area contributed by atoms with Crippen LogP contribution < -0.4 is 15.5 Å². The lowest BCUT2D eigenvalue weighted by Crippen LogP contribution is -2.40. The van der Waals surface area contributed by atoms with Gasteiger partial charge in [0.05, 0.1) is 19.8 Å². The molecule has 2 N–H and O–H groups in total. The van der Waals surface area contributed by atoms with Gasteiger partial charge in [0.25, 0.3) is 10.0 Å². The van der Waals surface area contributed by atoms with Crippen LogP contribution in [0.5, 0.6) is 0 Å². The molecule has 2 aromatic heterocycles. The van der Waals surface area contributed by atoms with Gasteiger partial charge in [0, 0.05) is 44.8 Å². The van der Waals surface area contributed by atoms with E-state index in [-0.39, 0.29) is 16.8 Å². The molecule has 29 heavy (non-hydrogen) atoms. The Morgan fingerprint density at radius 2 is 1.93 bits per heavy atom. The summed E-state index contributed by atoms with van der Waals surface area (Å²) in [6.07, 6.45) is 1.70. The first kappa shape index (κ1) is 21.5. The first-order valence-corrected chi connectivity index (χ1v) is 11.4. The lowest BCUT2D eigenvalue weighted by atomic mass is 10.2. The normalized spacial score (nSPS) is 15.1. The molecule has 0 unspecified atom stereocenters. The quantitative estimate of drug-likeness (QED) is 0.673. The maximum Gasteiger partial charge on any atom is 0.315 e. The number of hydrogen-bond acceptors (Lipinski definition) is 7. The standard InChI is InChI=1S/C18H25N5O4S2/c1-22(2)16-11-14(5-6-19-16)12-20-18(24)21-13-15-3-4-17(28-15)29(25,26)23-7-9-27-10-8-23/h3-6,11H,7-10,12-13H2,1-2H3,(H2,20,21,24). The highest BCUT2D eigenvalue weighted by molar-refractivity contribution is 7.91. The molecule has 2 aromatic rings. The molecule has 0 aromatic carbocycles. The average molecular weight is 440 g/mol. The first-order valence-electron chi connectivity index (χ1n) is 9.17. The molecule has 0 bridgehead atoms. The molecule has 0 spiro atoms. The Morgan fingerprint density at radius 3 is 2.66 bits per heavy atom. The van der Waals surface area contributed by atoms with Crippen LogP contribution in [0.3, 0.4) is 0 Å². The Labute approximate surface area is 174 Å². The van der Waals surface area contributed by atoms with Crippen LogP contribution in [0.1, 0.15) is 10.4 Å². The van der Waals surface area contributed by atoms with Crippen molar-refractivity contribution in [2.45, 2.75) is 17.3 Å². The van der Waals surface area contributed by atoms with Gasteiger partial charge in [-0.1, -0.05) is 0 Å². The molecule has 0 aliphatic carbocycles. The molecule has 158 valence electrons. The number of thiophene rings is 1. The molecule has 0 atom stereocenters. The number of ether oxygens (including phenoxy) is 1. The fourth-order valence-electron chi connectivity index (χ4n) is 2.73. The number of sulfonamides is 1. The van der Waals surface area contributed by atoms with Gasteiger partial charge < -0.3 is 20.3 Å². The number of hydrogen-bond donors (Lipinski definition) is 2. The van der Waals surface area contributed by atoms with Gasteiger partial charge in [0.15, 0.2) is 0 Å². The van der Waals surface area contributed by atoms with Crippen LogP contribution >= 0.6 is 11.3 Å². The molecule has 11 heteroatoms. The molecular weight excluding hydrogens is 414 g/mol. The van der Waals surface area contributed by atoms with E-state index in [9.17, 15) is 13.2 Å². The van der Waals surface area contributed by atoms with Crippen molar-refractivity contribution < 1.29 is 17.9 Å². The summed E-state index contributed by atoms with van der Waals surface area (Å²) in [4.78, 5) is 19.0. The average Bonchev–Trinajstić information content (AvgIpc) is 3.21. The van der Waals surface area contributed by atoms with Crippen LogP contribution in [0.2, 0.25) is 0 Å². The van der Waals surface area contributed by atoms with E-state index in [1.54, 1.807) is 18.3 Å². The number of rotatable bonds is 7. The van der Waals surface area contributed by atoms with E-state index in [2.05, 4.69) is 15.6 Å². The number of aromatic nitrogens is 1. The van der Waals surface area contributed by atoms with Crippen LogP contribution in [0, 0.1) is 0 Å². The Balaban J connectivity index is 1.50. The summed E-state index contributed by atoms with van der Waals surface area (Å²) >= 11 is 1.17. The van der Waals surface area contributed by atoms with Crippen molar-refractivity contribution in [1.29, 1.82) is 0 Å². The van der Waals surface area contributed by atoms with Crippen molar-refractivity contribution in [2.24, 2.45) is 0 Å². The number of urea groups is 1.